The summed E-state index contributed by atoms with van der Waals surface area (Å²) in [5, 5.41) is 2.16. The number of para-hydroxylation sites is 2. The molecular weight excluding hydrogens is 503 g/mol. The fourth-order valence-corrected chi connectivity index (χ4v) is 6.27. The van der Waals surface area contributed by atoms with Crippen LogP contribution < -0.4 is 0 Å². The van der Waals surface area contributed by atoms with Crippen molar-refractivity contribution in [3.05, 3.63) is 105 Å². The number of rotatable bonds is 4. The highest BCUT2D eigenvalue weighted by molar-refractivity contribution is 7.23. The van der Waals surface area contributed by atoms with Gasteiger partial charge in [-0.15, -0.1) is 22.7 Å². The molecule has 0 bridgehead atoms. The summed E-state index contributed by atoms with van der Waals surface area (Å²) in [6, 6.07) is 27.2. The minimum Gasteiger partial charge on any atom is -0.283 e. The van der Waals surface area contributed by atoms with Crippen LogP contribution in [0.2, 0.25) is 10.0 Å². The van der Waals surface area contributed by atoms with Crippen molar-refractivity contribution in [3.63, 3.8) is 0 Å². The lowest BCUT2D eigenvalue weighted by Crippen LogP contribution is -1.99. The number of hydrogen-bond acceptors (Lipinski definition) is 5. The van der Waals surface area contributed by atoms with E-state index in [0.29, 0.717) is 20.1 Å². The van der Waals surface area contributed by atoms with Crippen molar-refractivity contribution in [2.45, 2.75) is 0 Å². The number of fused-ring (bicyclic) bond motifs is 2. The number of aromatic nitrogens is 2. The van der Waals surface area contributed by atoms with Crippen molar-refractivity contribution in [3.8, 4) is 22.3 Å². The molecule has 34 heavy (non-hydrogen) atoms. The molecule has 7 heteroatoms. The van der Waals surface area contributed by atoms with Crippen molar-refractivity contribution in [1.82, 2.24) is 9.97 Å². The molecule has 6 rings (SSSR count). The fourth-order valence-electron chi connectivity index (χ4n) is 3.96. The van der Waals surface area contributed by atoms with Crippen LogP contribution in [0, 0.1) is 0 Å². The summed E-state index contributed by atoms with van der Waals surface area (Å²) in [5.41, 5.74) is 5.41. The van der Waals surface area contributed by atoms with E-state index in [-0.39, 0.29) is 5.78 Å². The van der Waals surface area contributed by atoms with Gasteiger partial charge in [0.2, 0.25) is 5.78 Å². The van der Waals surface area contributed by atoms with Crippen LogP contribution in [-0.4, -0.2) is 15.8 Å². The van der Waals surface area contributed by atoms with Gasteiger partial charge < -0.3 is 0 Å². The molecule has 0 aliphatic carbocycles. The molecule has 0 atom stereocenters. The number of benzene rings is 4. The number of carbonyl (C=O) groups excluding carboxylic acids is 1. The molecule has 2 aromatic heterocycles. The molecule has 0 saturated carbocycles. The summed E-state index contributed by atoms with van der Waals surface area (Å²) in [6.45, 7) is 0. The van der Waals surface area contributed by atoms with Gasteiger partial charge in [-0.3, -0.25) is 4.79 Å². The predicted molar refractivity (Wildman–Crippen MR) is 144 cm³/mol. The Kier molecular flexibility index (Phi) is 5.42. The summed E-state index contributed by atoms with van der Waals surface area (Å²) in [7, 11) is 0. The number of thiazole rings is 2. The molecule has 0 spiro atoms. The first-order chi connectivity index (χ1) is 16.6. The Morgan fingerprint density at radius 1 is 0.618 bits per heavy atom. The molecule has 0 unspecified atom stereocenters. The van der Waals surface area contributed by atoms with E-state index >= 15 is 0 Å². The number of hydrogen-bond donors (Lipinski definition) is 0. The van der Waals surface area contributed by atoms with Crippen LogP contribution in [0.5, 0.6) is 0 Å². The second-order valence-electron chi connectivity index (χ2n) is 7.69. The Morgan fingerprint density at radius 2 is 1.06 bits per heavy atom. The first kappa shape index (κ1) is 21.4. The molecule has 0 radical (unpaired) electrons. The molecule has 3 nitrogen and oxygen atoms in total. The third-order valence-corrected chi connectivity index (χ3v) is 8.01. The van der Waals surface area contributed by atoms with Gasteiger partial charge >= 0.3 is 0 Å². The van der Waals surface area contributed by atoms with Gasteiger partial charge in [-0.2, -0.15) is 0 Å². The topological polar surface area (TPSA) is 42.9 Å². The van der Waals surface area contributed by atoms with E-state index in [1.807, 2.05) is 84.9 Å². The molecule has 4 aromatic carbocycles. The van der Waals surface area contributed by atoms with E-state index in [9.17, 15) is 4.79 Å². The first-order valence-corrected chi connectivity index (χ1v) is 12.8. The van der Waals surface area contributed by atoms with Gasteiger partial charge in [-0.25, -0.2) is 9.97 Å². The molecular formula is C27H14Cl2N2OS2. The predicted octanol–water partition coefficient (Wildman–Crippen LogP) is 8.78. The summed E-state index contributed by atoms with van der Waals surface area (Å²) < 4.78 is 1.89. The Morgan fingerprint density at radius 3 is 1.50 bits per heavy atom. The third kappa shape index (κ3) is 3.81. The molecule has 0 amide bonds. The van der Waals surface area contributed by atoms with E-state index in [4.69, 9.17) is 33.2 Å². The lowest BCUT2D eigenvalue weighted by molar-refractivity contribution is 0.103. The molecule has 6 aromatic rings. The Balaban J connectivity index is 1.44. The maximum atomic E-state index is 13.4. The van der Waals surface area contributed by atoms with E-state index in [2.05, 4.69) is 0 Å². The second-order valence-corrected chi connectivity index (χ2v) is 10.6. The van der Waals surface area contributed by atoms with Gasteiger partial charge in [-0.05, 0) is 47.5 Å². The van der Waals surface area contributed by atoms with Crippen molar-refractivity contribution in [2.24, 2.45) is 0 Å². The van der Waals surface area contributed by atoms with Crippen LogP contribution in [0.25, 0.3) is 42.7 Å². The molecule has 164 valence electrons. The van der Waals surface area contributed by atoms with E-state index < -0.39 is 0 Å². The number of carbonyl (C=O) groups is 1. The normalized spacial score (nSPS) is 11.4. The molecule has 2 heterocycles. The van der Waals surface area contributed by atoms with Crippen LogP contribution in [-0.2, 0) is 0 Å². The average Bonchev–Trinajstić information content (AvgIpc) is 3.48. The highest BCUT2D eigenvalue weighted by Crippen LogP contribution is 2.36. The number of ketones is 1. The number of nitrogens with zero attached hydrogens (tertiary/aromatic N) is 2. The Hall–Kier alpha value is -3.09. The summed E-state index contributed by atoms with van der Waals surface area (Å²) in [6.07, 6.45) is 0. The first-order valence-electron chi connectivity index (χ1n) is 10.4. The summed E-state index contributed by atoms with van der Waals surface area (Å²) in [4.78, 5) is 22.9. The largest absolute Gasteiger partial charge is 0.283 e. The van der Waals surface area contributed by atoms with Crippen molar-refractivity contribution >= 4 is 72.1 Å². The second kappa shape index (κ2) is 8.60. The lowest BCUT2D eigenvalue weighted by Gasteiger charge is -2.03. The Labute approximate surface area is 213 Å². The monoisotopic (exact) mass is 516 g/mol. The van der Waals surface area contributed by atoms with Gasteiger partial charge in [0.05, 0.1) is 20.4 Å². The van der Waals surface area contributed by atoms with E-state index in [1.54, 1.807) is 0 Å². The minimum atomic E-state index is -0.170. The minimum absolute atomic E-state index is 0.170. The van der Waals surface area contributed by atoms with Gasteiger partial charge in [-0.1, -0.05) is 71.7 Å². The smallest absolute Gasteiger partial charge is 0.250 e. The van der Waals surface area contributed by atoms with Crippen LogP contribution in [0.4, 0.5) is 0 Å². The zero-order valence-corrected chi connectivity index (χ0v) is 20.6. The van der Waals surface area contributed by atoms with E-state index in [0.717, 1.165) is 42.7 Å². The van der Waals surface area contributed by atoms with Gasteiger partial charge in [0.1, 0.15) is 0 Å². The maximum absolute atomic E-state index is 13.4. The maximum Gasteiger partial charge on any atom is 0.250 e. The molecule has 0 fully saturated rings. The van der Waals surface area contributed by atoms with Crippen LogP contribution in [0.3, 0.4) is 0 Å². The molecule has 0 saturated heterocycles. The molecule has 0 aliphatic rings. The quantitative estimate of drug-likeness (QED) is 0.220. The van der Waals surface area contributed by atoms with Crippen molar-refractivity contribution < 1.29 is 4.79 Å². The average molecular weight is 517 g/mol. The lowest BCUT2D eigenvalue weighted by atomic mass is 10.0. The highest BCUT2D eigenvalue weighted by Gasteiger charge is 2.21. The SMILES string of the molecule is O=C(c1nc2c(-c3cccc(Cl)c3)cccc2s1)c1nc2c(-c3cccc(Cl)c3)cccc2s1. The van der Waals surface area contributed by atoms with Gasteiger partial charge in [0.25, 0.3) is 0 Å². The van der Waals surface area contributed by atoms with Crippen molar-refractivity contribution in [1.29, 1.82) is 0 Å². The van der Waals surface area contributed by atoms with Crippen LogP contribution in [0.15, 0.2) is 84.9 Å². The highest BCUT2D eigenvalue weighted by atomic mass is 35.5. The number of halogens is 2. The fraction of sp³-hybridized carbons (Fsp3) is 0. The third-order valence-electron chi connectivity index (χ3n) is 5.50. The Bertz CT molecular complexity index is 1600. The molecule has 0 aliphatic heterocycles. The van der Waals surface area contributed by atoms with Gasteiger partial charge in [0.15, 0.2) is 10.0 Å². The summed E-state index contributed by atoms with van der Waals surface area (Å²) >= 11 is 15.2. The van der Waals surface area contributed by atoms with Crippen LogP contribution in [0.1, 0.15) is 14.8 Å². The zero-order chi connectivity index (χ0) is 23.2. The van der Waals surface area contributed by atoms with Crippen LogP contribution >= 0.6 is 45.9 Å². The van der Waals surface area contributed by atoms with Crippen molar-refractivity contribution in [2.75, 3.05) is 0 Å². The summed E-state index contributed by atoms with van der Waals surface area (Å²) in [5.74, 6) is -0.170. The van der Waals surface area contributed by atoms with Gasteiger partial charge in [0, 0.05) is 21.2 Å². The van der Waals surface area contributed by atoms with E-state index in [1.165, 1.54) is 22.7 Å². The zero-order valence-electron chi connectivity index (χ0n) is 17.5. The molecule has 0 N–H and O–H groups in total. The standard InChI is InChI=1S/C27H14Cl2N2OS2/c28-17-7-1-5-15(13-17)19-9-3-11-21-23(19)30-26(33-21)25(32)27-31-24-20(10-4-12-22(24)34-27)16-6-2-8-18(29)14-16/h1-14H.